The molecule has 0 aliphatic heterocycles. The van der Waals surface area contributed by atoms with Gasteiger partial charge in [0.05, 0.1) is 5.02 Å². The van der Waals surface area contributed by atoms with Crippen molar-refractivity contribution in [2.45, 2.75) is 26.7 Å². The quantitative estimate of drug-likeness (QED) is 0.738. The van der Waals surface area contributed by atoms with E-state index in [-0.39, 0.29) is 11.8 Å². The van der Waals surface area contributed by atoms with Gasteiger partial charge in [0.1, 0.15) is 5.52 Å². The van der Waals surface area contributed by atoms with Crippen molar-refractivity contribution in [3.05, 3.63) is 47.2 Å². The SMILES string of the molecule is CCc1ccncc1-c1cc(Cl)c2nnc(NC(=O)[C@@H]3C[C@H]3C)cc2c1. The molecule has 1 fully saturated rings. The van der Waals surface area contributed by atoms with Crippen LogP contribution in [-0.2, 0) is 11.2 Å². The van der Waals surface area contributed by atoms with Crippen molar-refractivity contribution < 1.29 is 4.79 Å². The summed E-state index contributed by atoms with van der Waals surface area (Å²) in [6, 6.07) is 7.74. The van der Waals surface area contributed by atoms with Gasteiger partial charge in [-0.25, -0.2) is 0 Å². The molecule has 1 N–H and O–H groups in total. The van der Waals surface area contributed by atoms with Gasteiger partial charge in [-0.05, 0) is 54.2 Å². The molecule has 6 heteroatoms. The molecule has 2 aromatic heterocycles. The number of anilines is 1. The van der Waals surface area contributed by atoms with Crippen LogP contribution >= 0.6 is 11.6 Å². The first kappa shape index (κ1) is 16.9. The van der Waals surface area contributed by atoms with Crippen LogP contribution in [0, 0.1) is 11.8 Å². The number of benzene rings is 1. The van der Waals surface area contributed by atoms with Crippen LogP contribution in [0.4, 0.5) is 5.82 Å². The summed E-state index contributed by atoms with van der Waals surface area (Å²) in [4.78, 5) is 16.4. The Hall–Kier alpha value is -2.53. The van der Waals surface area contributed by atoms with Crippen molar-refractivity contribution in [3.8, 4) is 11.1 Å². The average molecular weight is 367 g/mol. The van der Waals surface area contributed by atoms with Crippen LogP contribution in [0.2, 0.25) is 5.02 Å². The zero-order valence-electron chi connectivity index (χ0n) is 14.7. The van der Waals surface area contributed by atoms with Crippen LogP contribution in [0.1, 0.15) is 25.8 Å². The Balaban J connectivity index is 1.73. The highest BCUT2D eigenvalue weighted by Crippen LogP contribution is 2.38. The summed E-state index contributed by atoms with van der Waals surface area (Å²) in [5.74, 6) is 0.998. The first-order valence-corrected chi connectivity index (χ1v) is 9.15. The van der Waals surface area contributed by atoms with Gasteiger partial charge >= 0.3 is 0 Å². The summed E-state index contributed by atoms with van der Waals surface area (Å²) >= 11 is 6.44. The summed E-state index contributed by atoms with van der Waals surface area (Å²) in [7, 11) is 0. The Morgan fingerprint density at radius 3 is 2.85 bits per heavy atom. The van der Waals surface area contributed by atoms with Crippen molar-refractivity contribution in [2.75, 3.05) is 5.32 Å². The molecule has 0 saturated heterocycles. The van der Waals surface area contributed by atoms with Crippen LogP contribution in [0.5, 0.6) is 0 Å². The first-order valence-electron chi connectivity index (χ1n) is 8.78. The van der Waals surface area contributed by atoms with Crippen LogP contribution < -0.4 is 5.32 Å². The van der Waals surface area contributed by atoms with Gasteiger partial charge in [-0.15, -0.1) is 10.2 Å². The van der Waals surface area contributed by atoms with E-state index >= 15 is 0 Å². The molecular weight excluding hydrogens is 348 g/mol. The van der Waals surface area contributed by atoms with E-state index in [2.05, 4.69) is 34.3 Å². The summed E-state index contributed by atoms with van der Waals surface area (Å²) in [5.41, 5.74) is 3.85. The Morgan fingerprint density at radius 1 is 1.31 bits per heavy atom. The number of nitrogens with zero attached hydrogens (tertiary/aromatic N) is 3. The number of carbonyl (C=O) groups is 1. The van der Waals surface area contributed by atoms with E-state index in [1.54, 1.807) is 6.20 Å². The Labute approximate surface area is 156 Å². The number of rotatable bonds is 4. The lowest BCUT2D eigenvalue weighted by Gasteiger charge is -2.10. The van der Waals surface area contributed by atoms with E-state index in [1.807, 2.05) is 30.5 Å². The second-order valence-electron chi connectivity index (χ2n) is 6.82. The molecule has 0 unspecified atom stereocenters. The number of amides is 1. The number of pyridine rings is 1. The van der Waals surface area contributed by atoms with Crippen molar-refractivity contribution in [2.24, 2.45) is 11.8 Å². The monoisotopic (exact) mass is 366 g/mol. The van der Waals surface area contributed by atoms with Crippen LogP contribution in [0.25, 0.3) is 22.0 Å². The van der Waals surface area contributed by atoms with E-state index in [1.165, 1.54) is 5.56 Å². The molecular formula is C20H19ClN4O. The van der Waals surface area contributed by atoms with Gasteiger partial charge in [-0.3, -0.25) is 9.78 Å². The third kappa shape index (κ3) is 3.15. The normalized spacial score (nSPS) is 18.7. The van der Waals surface area contributed by atoms with Gasteiger partial charge in [-0.2, -0.15) is 0 Å². The maximum Gasteiger partial charge on any atom is 0.228 e. The molecule has 2 heterocycles. The maximum absolute atomic E-state index is 12.1. The number of halogens is 1. The van der Waals surface area contributed by atoms with Crippen LogP contribution in [0.3, 0.4) is 0 Å². The van der Waals surface area contributed by atoms with Gasteiger partial charge in [0.2, 0.25) is 5.91 Å². The number of fused-ring (bicyclic) bond motifs is 1. The molecule has 5 nitrogen and oxygen atoms in total. The van der Waals surface area contributed by atoms with Gasteiger partial charge in [0.15, 0.2) is 5.82 Å². The van der Waals surface area contributed by atoms with Gasteiger partial charge in [0.25, 0.3) is 0 Å². The molecule has 0 spiro atoms. The third-order valence-electron chi connectivity index (χ3n) is 4.94. The van der Waals surface area contributed by atoms with E-state index < -0.39 is 0 Å². The van der Waals surface area contributed by atoms with E-state index in [0.29, 0.717) is 22.3 Å². The lowest BCUT2D eigenvalue weighted by molar-refractivity contribution is -0.117. The average Bonchev–Trinajstić information content (AvgIpc) is 3.38. The van der Waals surface area contributed by atoms with Crippen LogP contribution in [-0.4, -0.2) is 21.1 Å². The molecule has 1 amide bonds. The smallest absolute Gasteiger partial charge is 0.228 e. The number of hydrogen-bond acceptors (Lipinski definition) is 4. The first-order chi connectivity index (χ1) is 12.6. The number of nitrogens with one attached hydrogen (secondary N) is 1. The molecule has 1 saturated carbocycles. The zero-order valence-corrected chi connectivity index (χ0v) is 15.4. The predicted molar refractivity (Wildman–Crippen MR) is 103 cm³/mol. The molecule has 2 atom stereocenters. The highest BCUT2D eigenvalue weighted by Gasteiger charge is 2.39. The maximum atomic E-state index is 12.1. The summed E-state index contributed by atoms with van der Waals surface area (Å²) in [6.07, 6.45) is 5.48. The second-order valence-corrected chi connectivity index (χ2v) is 7.23. The van der Waals surface area contributed by atoms with Crippen LogP contribution in [0.15, 0.2) is 36.7 Å². The van der Waals surface area contributed by atoms with E-state index in [4.69, 9.17) is 11.6 Å². The summed E-state index contributed by atoms with van der Waals surface area (Å²) < 4.78 is 0. The van der Waals surface area contributed by atoms with Crippen molar-refractivity contribution in [1.29, 1.82) is 0 Å². The molecule has 132 valence electrons. The lowest BCUT2D eigenvalue weighted by Crippen LogP contribution is -2.15. The molecule has 1 aromatic carbocycles. The largest absolute Gasteiger partial charge is 0.309 e. The molecule has 26 heavy (non-hydrogen) atoms. The van der Waals surface area contributed by atoms with E-state index in [9.17, 15) is 4.79 Å². The van der Waals surface area contributed by atoms with Crippen molar-refractivity contribution in [1.82, 2.24) is 15.2 Å². The topological polar surface area (TPSA) is 67.8 Å². The third-order valence-corrected chi connectivity index (χ3v) is 5.23. The Kier molecular flexibility index (Phi) is 4.32. The summed E-state index contributed by atoms with van der Waals surface area (Å²) in [6.45, 7) is 4.18. The zero-order chi connectivity index (χ0) is 18.3. The number of aromatic nitrogens is 3. The second kappa shape index (κ2) is 6.65. The highest BCUT2D eigenvalue weighted by atomic mass is 35.5. The number of carbonyl (C=O) groups excluding carboxylic acids is 1. The number of aryl methyl sites for hydroxylation is 1. The number of hydrogen-bond donors (Lipinski definition) is 1. The summed E-state index contributed by atoms with van der Waals surface area (Å²) in [5, 5.41) is 12.5. The van der Waals surface area contributed by atoms with Gasteiger partial charge < -0.3 is 5.32 Å². The minimum absolute atomic E-state index is 0.00827. The van der Waals surface area contributed by atoms with Gasteiger partial charge in [0, 0.05) is 29.3 Å². The Morgan fingerprint density at radius 2 is 2.12 bits per heavy atom. The predicted octanol–water partition coefficient (Wildman–Crippen LogP) is 4.50. The highest BCUT2D eigenvalue weighted by molar-refractivity contribution is 6.35. The molecule has 1 aliphatic carbocycles. The minimum Gasteiger partial charge on any atom is -0.309 e. The fourth-order valence-electron chi connectivity index (χ4n) is 3.23. The molecule has 0 radical (unpaired) electrons. The van der Waals surface area contributed by atoms with Crippen molar-refractivity contribution in [3.63, 3.8) is 0 Å². The molecule has 0 bridgehead atoms. The lowest BCUT2D eigenvalue weighted by atomic mass is 9.99. The fraction of sp³-hybridized carbons (Fsp3) is 0.300. The fourth-order valence-corrected chi connectivity index (χ4v) is 3.49. The Bertz CT molecular complexity index is 1000. The molecule has 3 aromatic rings. The molecule has 4 rings (SSSR count). The minimum atomic E-state index is 0.00827. The molecule has 1 aliphatic rings. The van der Waals surface area contributed by atoms with Gasteiger partial charge in [-0.1, -0.05) is 25.4 Å². The standard InChI is InChI=1S/C20H19ClN4O/c1-3-12-4-5-22-10-16(12)13-7-14-9-18(23-20(26)15-6-11(15)2)24-25-19(14)17(21)8-13/h4-5,7-11,15H,3,6H2,1-2H3,(H,23,24,26)/t11-,15-/m1/s1. The van der Waals surface area contributed by atoms with Crippen molar-refractivity contribution >= 4 is 34.2 Å². The van der Waals surface area contributed by atoms with E-state index in [0.717, 1.165) is 29.4 Å².